The number of nitrogens with zero attached hydrogens (tertiary/aromatic N) is 1. The summed E-state index contributed by atoms with van der Waals surface area (Å²) in [5.41, 5.74) is 0. The molecule has 112 valence electrons. The van der Waals surface area contributed by atoms with Gasteiger partial charge in [0.1, 0.15) is 12.4 Å². The lowest BCUT2D eigenvalue weighted by Crippen LogP contribution is -2.46. The first kappa shape index (κ1) is 14.4. The molecule has 3 heteroatoms. The van der Waals surface area contributed by atoms with Crippen molar-refractivity contribution in [1.29, 1.82) is 0 Å². The van der Waals surface area contributed by atoms with E-state index in [9.17, 15) is 0 Å². The first-order chi connectivity index (χ1) is 10.2. The lowest BCUT2D eigenvalue weighted by atomic mass is 10.1. The number of hydrogen-bond acceptors (Lipinski definition) is 3. The molecule has 0 amide bonds. The van der Waals surface area contributed by atoms with Crippen molar-refractivity contribution in [1.82, 2.24) is 4.90 Å². The van der Waals surface area contributed by atoms with E-state index in [-0.39, 0.29) is 0 Å². The van der Waals surface area contributed by atoms with Gasteiger partial charge < -0.3 is 9.47 Å². The van der Waals surface area contributed by atoms with Crippen molar-refractivity contribution in [3.63, 3.8) is 0 Å². The summed E-state index contributed by atoms with van der Waals surface area (Å²) in [6.45, 7) is 7.91. The highest BCUT2D eigenvalue weighted by Crippen LogP contribution is 2.25. The molecule has 0 saturated carbocycles. The van der Waals surface area contributed by atoms with Crippen LogP contribution in [0.1, 0.15) is 13.8 Å². The van der Waals surface area contributed by atoms with Crippen molar-refractivity contribution in [2.24, 2.45) is 0 Å². The Hall–Kier alpha value is -1.58. The molecule has 3 rings (SSSR count). The van der Waals surface area contributed by atoms with E-state index in [2.05, 4.69) is 55.1 Å². The molecule has 3 nitrogen and oxygen atoms in total. The lowest BCUT2D eigenvalue weighted by Gasteiger charge is -2.35. The molecule has 0 spiro atoms. The Morgan fingerprint density at radius 3 is 2.57 bits per heavy atom. The van der Waals surface area contributed by atoms with Crippen LogP contribution in [0.15, 0.2) is 42.5 Å². The third-order valence-electron chi connectivity index (χ3n) is 3.91. The fourth-order valence-electron chi connectivity index (χ4n) is 3.07. The molecule has 0 aliphatic carbocycles. The van der Waals surface area contributed by atoms with Crippen LogP contribution in [0.3, 0.4) is 0 Å². The van der Waals surface area contributed by atoms with E-state index in [1.807, 2.05) is 6.07 Å². The second-order valence-corrected chi connectivity index (χ2v) is 5.84. The minimum atomic E-state index is 0.311. The highest BCUT2D eigenvalue weighted by atomic mass is 16.5. The lowest BCUT2D eigenvalue weighted by molar-refractivity contribution is -0.0699. The van der Waals surface area contributed by atoms with Crippen molar-refractivity contribution in [2.75, 3.05) is 26.2 Å². The van der Waals surface area contributed by atoms with E-state index in [4.69, 9.17) is 9.47 Å². The van der Waals surface area contributed by atoms with Crippen LogP contribution in [-0.4, -0.2) is 43.3 Å². The van der Waals surface area contributed by atoms with Gasteiger partial charge in [-0.1, -0.05) is 36.4 Å². The monoisotopic (exact) mass is 285 g/mol. The highest BCUT2D eigenvalue weighted by Gasteiger charge is 2.21. The van der Waals surface area contributed by atoms with Crippen LogP contribution in [0.2, 0.25) is 0 Å². The fraction of sp³-hybridized carbons (Fsp3) is 0.444. The van der Waals surface area contributed by atoms with Gasteiger partial charge in [-0.15, -0.1) is 0 Å². The van der Waals surface area contributed by atoms with Crippen molar-refractivity contribution in [3.05, 3.63) is 42.5 Å². The maximum absolute atomic E-state index is 6.01. The van der Waals surface area contributed by atoms with Gasteiger partial charge in [0.05, 0.1) is 12.2 Å². The van der Waals surface area contributed by atoms with Crippen molar-refractivity contribution in [3.8, 4) is 5.75 Å². The van der Waals surface area contributed by atoms with Gasteiger partial charge >= 0.3 is 0 Å². The quantitative estimate of drug-likeness (QED) is 0.860. The number of hydrogen-bond donors (Lipinski definition) is 0. The van der Waals surface area contributed by atoms with E-state index < -0.39 is 0 Å². The predicted octanol–water partition coefficient (Wildman–Crippen LogP) is 3.33. The summed E-state index contributed by atoms with van der Waals surface area (Å²) in [6, 6.07) is 14.6. The van der Waals surface area contributed by atoms with Crippen LogP contribution in [-0.2, 0) is 4.74 Å². The van der Waals surface area contributed by atoms with Gasteiger partial charge in [-0.25, -0.2) is 0 Å². The van der Waals surface area contributed by atoms with E-state index in [1.54, 1.807) is 0 Å². The minimum absolute atomic E-state index is 0.311. The first-order valence-electron chi connectivity index (χ1n) is 7.71. The zero-order valence-corrected chi connectivity index (χ0v) is 12.8. The van der Waals surface area contributed by atoms with Gasteiger partial charge in [-0.3, -0.25) is 4.90 Å². The molecule has 2 aromatic rings. The Balaban J connectivity index is 1.59. The van der Waals surface area contributed by atoms with Crippen molar-refractivity contribution in [2.45, 2.75) is 26.1 Å². The topological polar surface area (TPSA) is 21.7 Å². The van der Waals surface area contributed by atoms with E-state index in [1.165, 1.54) is 10.8 Å². The smallest absolute Gasteiger partial charge is 0.127 e. The van der Waals surface area contributed by atoms with Gasteiger partial charge in [0, 0.05) is 25.0 Å². The van der Waals surface area contributed by atoms with Crippen LogP contribution < -0.4 is 4.74 Å². The number of morpholine rings is 1. The largest absolute Gasteiger partial charge is 0.492 e. The number of rotatable bonds is 4. The normalized spacial score (nSPS) is 23.3. The molecule has 1 aliphatic heterocycles. The third kappa shape index (κ3) is 3.55. The molecular formula is C18H23NO2. The summed E-state index contributed by atoms with van der Waals surface area (Å²) in [5.74, 6) is 0.974. The summed E-state index contributed by atoms with van der Waals surface area (Å²) in [6.07, 6.45) is 0.623. The standard InChI is InChI=1S/C18H23NO2/c1-14-12-19(13-15(2)21-14)10-11-20-18-9-5-7-16-6-3-4-8-17(16)18/h3-9,14-15H,10-13H2,1-2H3/t14-,15-/m0/s1. The molecule has 1 fully saturated rings. The summed E-state index contributed by atoms with van der Waals surface area (Å²) < 4.78 is 11.8. The minimum Gasteiger partial charge on any atom is -0.492 e. The Morgan fingerprint density at radius 1 is 1.05 bits per heavy atom. The molecular weight excluding hydrogens is 262 g/mol. The molecule has 2 atom stereocenters. The van der Waals surface area contributed by atoms with Crippen LogP contribution in [0.5, 0.6) is 5.75 Å². The molecule has 2 aromatic carbocycles. The van der Waals surface area contributed by atoms with Crippen LogP contribution in [0.25, 0.3) is 10.8 Å². The predicted molar refractivity (Wildman–Crippen MR) is 85.9 cm³/mol. The van der Waals surface area contributed by atoms with Crippen molar-refractivity contribution < 1.29 is 9.47 Å². The maximum atomic E-state index is 6.01. The van der Waals surface area contributed by atoms with Gasteiger partial charge in [0.25, 0.3) is 0 Å². The van der Waals surface area contributed by atoms with Gasteiger partial charge in [0.2, 0.25) is 0 Å². The number of fused-ring (bicyclic) bond motifs is 1. The zero-order valence-electron chi connectivity index (χ0n) is 12.8. The molecule has 0 aromatic heterocycles. The highest BCUT2D eigenvalue weighted by molar-refractivity contribution is 5.88. The average molecular weight is 285 g/mol. The Morgan fingerprint density at radius 2 is 1.76 bits per heavy atom. The molecule has 0 N–H and O–H groups in total. The summed E-state index contributed by atoms with van der Waals surface area (Å²) in [7, 11) is 0. The number of benzene rings is 2. The van der Waals surface area contributed by atoms with Crippen molar-refractivity contribution >= 4 is 10.8 Å². The van der Waals surface area contributed by atoms with Gasteiger partial charge in [0.15, 0.2) is 0 Å². The number of ether oxygens (including phenoxy) is 2. The molecule has 0 unspecified atom stereocenters. The molecule has 21 heavy (non-hydrogen) atoms. The summed E-state index contributed by atoms with van der Waals surface area (Å²) in [5, 5.41) is 2.41. The molecule has 1 heterocycles. The van der Waals surface area contributed by atoms with Gasteiger partial charge in [-0.05, 0) is 25.3 Å². The molecule has 0 radical (unpaired) electrons. The van der Waals surface area contributed by atoms with E-state index in [0.29, 0.717) is 18.8 Å². The molecule has 0 bridgehead atoms. The fourth-order valence-corrected chi connectivity index (χ4v) is 3.07. The maximum Gasteiger partial charge on any atom is 0.127 e. The first-order valence-corrected chi connectivity index (χ1v) is 7.71. The van der Waals surface area contributed by atoms with Gasteiger partial charge in [-0.2, -0.15) is 0 Å². The summed E-state index contributed by atoms with van der Waals surface area (Å²) >= 11 is 0. The van der Waals surface area contributed by atoms with Crippen LogP contribution >= 0.6 is 0 Å². The second kappa shape index (κ2) is 6.46. The average Bonchev–Trinajstić information content (AvgIpc) is 2.46. The molecule has 1 aliphatic rings. The van der Waals surface area contributed by atoms with Crippen LogP contribution in [0, 0.1) is 0 Å². The van der Waals surface area contributed by atoms with E-state index >= 15 is 0 Å². The van der Waals surface area contributed by atoms with Crippen LogP contribution in [0.4, 0.5) is 0 Å². The van der Waals surface area contributed by atoms with E-state index in [0.717, 1.165) is 25.4 Å². The Bertz CT molecular complexity index is 583. The third-order valence-corrected chi connectivity index (χ3v) is 3.91. The Labute approximate surface area is 126 Å². The summed E-state index contributed by atoms with van der Waals surface area (Å²) in [4.78, 5) is 2.42. The molecule has 1 saturated heterocycles. The zero-order chi connectivity index (χ0) is 14.7. The second-order valence-electron chi connectivity index (χ2n) is 5.84. The SMILES string of the molecule is C[C@H]1CN(CCOc2cccc3ccccc23)C[C@H](C)O1. The Kier molecular flexibility index (Phi) is 4.42.